The molecule has 0 aromatic rings. The second-order valence-electron chi connectivity index (χ2n) is 5.85. The van der Waals surface area contributed by atoms with Crippen LogP contribution in [-0.2, 0) is 4.79 Å². The zero-order valence-corrected chi connectivity index (χ0v) is 12.7. The molecule has 0 aliphatic heterocycles. The smallest absolute Gasteiger partial charge is 0.164 e. The van der Waals surface area contributed by atoms with Gasteiger partial charge in [-0.2, -0.15) is 0 Å². The van der Waals surface area contributed by atoms with Crippen LogP contribution in [0.15, 0.2) is 0 Å². The van der Waals surface area contributed by atoms with Crippen LogP contribution < -0.4 is 0 Å². The first-order valence-corrected chi connectivity index (χ1v) is 7.58. The van der Waals surface area contributed by atoms with Gasteiger partial charge in [-0.25, -0.2) is 0 Å². The van der Waals surface area contributed by atoms with Crippen molar-refractivity contribution >= 4 is 5.78 Å². The van der Waals surface area contributed by atoms with Crippen LogP contribution in [0.5, 0.6) is 0 Å². The fourth-order valence-electron chi connectivity index (χ4n) is 2.04. The summed E-state index contributed by atoms with van der Waals surface area (Å²) in [5, 5.41) is 36.7. The molecule has 5 nitrogen and oxygen atoms in total. The van der Waals surface area contributed by atoms with Crippen molar-refractivity contribution in [2.45, 2.75) is 77.1 Å². The van der Waals surface area contributed by atoms with E-state index in [1.807, 2.05) is 0 Å². The fraction of sp³-hybridized carbons (Fsp3) is 0.933. The highest BCUT2D eigenvalue weighted by molar-refractivity contribution is 5.83. The number of carbonyl (C=O) groups is 1. The molecule has 0 rings (SSSR count). The minimum atomic E-state index is -1.61. The molecule has 0 aliphatic carbocycles. The summed E-state index contributed by atoms with van der Waals surface area (Å²) in [5.74, 6) is 0.248. The molecule has 120 valence electrons. The number of carbonyl (C=O) groups excluding carboxylic acids is 1. The Kier molecular flexibility index (Phi) is 10.9. The first-order valence-electron chi connectivity index (χ1n) is 7.58. The van der Waals surface area contributed by atoms with Crippen molar-refractivity contribution < 1.29 is 25.2 Å². The van der Waals surface area contributed by atoms with Crippen LogP contribution in [0.2, 0.25) is 0 Å². The lowest BCUT2D eigenvalue weighted by Crippen LogP contribution is -2.43. The van der Waals surface area contributed by atoms with Crippen molar-refractivity contribution in [3.8, 4) is 0 Å². The topological polar surface area (TPSA) is 98.0 Å². The van der Waals surface area contributed by atoms with Gasteiger partial charge in [-0.05, 0) is 12.3 Å². The van der Waals surface area contributed by atoms with E-state index in [9.17, 15) is 15.0 Å². The van der Waals surface area contributed by atoms with Gasteiger partial charge in [-0.3, -0.25) is 4.79 Å². The van der Waals surface area contributed by atoms with Crippen LogP contribution in [0.3, 0.4) is 0 Å². The number of hydrogen-bond acceptors (Lipinski definition) is 5. The highest BCUT2D eigenvalue weighted by atomic mass is 16.4. The third-order valence-corrected chi connectivity index (χ3v) is 3.44. The van der Waals surface area contributed by atoms with E-state index < -0.39 is 30.7 Å². The summed E-state index contributed by atoms with van der Waals surface area (Å²) < 4.78 is 0. The van der Waals surface area contributed by atoms with Gasteiger partial charge in [0.1, 0.15) is 18.3 Å². The Morgan fingerprint density at radius 3 is 2.05 bits per heavy atom. The molecule has 0 amide bonds. The van der Waals surface area contributed by atoms with E-state index in [-0.39, 0.29) is 6.42 Å². The zero-order valence-electron chi connectivity index (χ0n) is 12.7. The number of ketones is 1. The van der Waals surface area contributed by atoms with Gasteiger partial charge in [-0.1, -0.05) is 46.0 Å². The third kappa shape index (κ3) is 8.64. The van der Waals surface area contributed by atoms with Gasteiger partial charge >= 0.3 is 0 Å². The molecule has 0 saturated heterocycles. The van der Waals surface area contributed by atoms with E-state index in [1.165, 1.54) is 12.8 Å². The molecule has 0 aromatic carbocycles. The van der Waals surface area contributed by atoms with Gasteiger partial charge in [0.2, 0.25) is 0 Å². The van der Waals surface area contributed by atoms with E-state index in [0.29, 0.717) is 6.42 Å². The predicted molar refractivity (Wildman–Crippen MR) is 77.3 cm³/mol. The minimum absolute atomic E-state index is 0.195. The second-order valence-corrected chi connectivity index (χ2v) is 5.85. The molecule has 0 heterocycles. The Hall–Kier alpha value is -0.490. The number of hydrogen-bond donors (Lipinski definition) is 4. The van der Waals surface area contributed by atoms with Crippen molar-refractivity contribution in [2.24, 2.45) is 5.92 Å². The van der Waals surface area contributed by atoms with E-state index in [1.54, 1.807) is 0 Å². The molecule has 20 heavy (non-hydrogen) atoms. The molecule has 0 bridgehead atoms. The number of aliphatic hydroxyl groups excluding tert-OH is 4. The Labute approximate surface area is 121 Å². The van der Waals surface area contributed by atoms with E-state index in [2.05, 4.69) is 13.8 Å². The minimum Gasteiger partial charge on any atom is -0.394 e. The van der Waals surface area contributed by atoms with E-state index in [4.69, 9.17) is 10.2 Å². The molecule has 0 radical (unpaired) electrons. The first-order chi connectivity index (χ1) is 9.40. The highest BCUT2D eigenvalue weighted by Crippen LogP contribution is 2.12. The monoisotopic (exact) mass is 290 g/mol. The Morgan fingerprint density at radius 1 is 0.950 bits per heavy atom. The standard InChI is InChI=1S/C15H30O5/c1-11(2)8-6-4-3-5-7-9-12(17)14(19)15(20)13(18)10-16/h11,13-16,18-20H,3-10H2,1-2H3/t13-,14+,15+/m1/s1. The van der Waals surface area contributed by atoms with Gasteiger partial charge in [0.15, 0.2) is 5.78 Å². The number of aliphatic hydroxyl groups is 4. The van der Waals surface area contributed by atoms with E-state index >= 15 is 0 Å². The van der Waals surface area contributed by atoms with Crippen LogP contribution in [0.25, 0.3) is 0 Å². The van der Waals surface area contributed by atoms with Crippen molar-refractivity contribution in [1.29, 1.82) is 0 Å². The number of unbranched alkanes of at least 4 members (excludes halogenated alkanes) is 4. The molecule has 0 saturated carbocycles. The lowest BCUT2D eigenvalue weighted by Gasteiger charge is -2.20. The van der Waals surface area contributed by atoms with Crippen molar-refractivity contribution in [3.63, 3.8) is 0 Å². The van der Waals surface area contributed by atoms with Gasteiger partial charge in [0.05, 0.1) is 6.61 Å². The van der Waals surface area contributed by atoms with Crippen LogP contribution >= 0.6 is 0 Å². The van der Waals surface area contributed by atoms with Crippen molar-refractivity contribution in [2.75, 3.05) is 6.61 Å². The molecule has 3 atom stereocenters. The van der Waals surface area contributed by atoms with Crippen molar-refractivity contribution in [3.05, 3.63) is 0 Å². The zero-order chi connectivity index (χ0) is 15.5. The average Bonchev–Trinajstić information content (AvgIpc) is 2.43. The maximum absolute atomic E-state index is 11.6. The number of Topliss-reactive ketones (excluding diaryl/α,β-unsaturated/α-hetero) is 1. The molecule has 0 aromatic heterocycles. The molecule has 4 N–H and O–H groups in total. The summed E-state index contributed by atoms with van der Waals surface area (Å²) in [6.45, 7) is 3.72. The summed E-state index contributed by atoms with van der Waals surface area (Å²) in [4.78, 5) is 11.6. The Balaban J connectivity index is 3.67. The quantitative estimate of drug-likeness (QED) is 0.402. The van der Waals surface area contributed by atoms with Crippen LogP contribution in [0.4, 0.5) is 0 Å². The third-order valence-electron chi connectivity index (χ3n) is 3.44. The summed E-state index contributed by atoms with van der Waals surface area (Å²) in [6.07, 6.45) is 1.74. The summed E-state index contributed by atoms with van der Waals surface area (Å²) in [7, 11) is 0. The second kappa shape index (κ2) is 11.2. The molecular weight excluding hydrogens is 260 g/mol. The number of rotatable bonds is 12. The maximum atomic E-state index is 11.6. The maximum Gasteiger partial charge on any atom is 0.164 e. The van der Waals surface area contributed by atoms with Gasteiger partial charge in [0, 0.05) is 6.42 Å². The molecule has 0 fully saturated rings. The van der Waals surface area contributed by atoms with Crippen LogP contribution in [0, 0.1) is 5.92 Å². The molecule has 0 aliphatic rings. The molecular formula is C15H30O5. The first kappa shape index (κ1) is 19.5. The van der Waals surface area contributed by atoms with Gasteiger partial charge < -0.3 is 20.4 Å². The molecule has 5 heteroatoms. The van der Waals surface area contributed by atoms with Gasteiger partial charge in [0.25, 0.3) is 0 Å². The fourth-order valence-corrected chi connectivity index (χ4v) is 2.04. The Bertz CT molecular complexity index is 255. The molecule has 0 spiro atoms. The summed E-state index contributed by atoms with van der Waals surface area (Å²) >= 11 is 0. The van der Waals surface area contributed by atoms with Crippen LogP contribution in [0.1, 0.15) is 58.8 Å². The van der Waals surface area contributed by atoms with Crippen molar-refractivity contribution in [1.82, 2.24) is 0 Å². The van der Waals surface area contributed by atoms with E-state index in [0.717, 1.165) is 25.2 Å². The SMILES string of the molecule is CC(C)CCCCCCCC(=O)[C@H](O)[C@@H](O)[C@H](O)CO. The summed E-state index contributed by atoms with van der Waals surface area (Å²) in [6, 6.07) is 0. The lowest BCUT2D eigenvalue weighted by atomic mass is 9.99. The highest BCUT2D eigenvalue weighted by Gasteiger charge is 2.29. The van der Waals surface area contributed by atoms with Crippen LogP contribution in [-0.4, -0.2) is 51.1 Å². The largest absolute Gasteiger partial charge is 0.394 e. The molecule has 0 unspecified atom stereocenters. The Morgan fingerprint density at radius 2 is 1.50 bits per heavy atom. The normalized spacial score (nSPS) is 16.1. The average molecular weight is 290 g/mol. The predicted octanol–water partition coefficient (Wildman–Crippen LogP) is 1.02. The lowest BCUT2D eigenvalue weighted by molar-refractivity contribution is -0.140. The van der Waals surface area contributed by atoms with Gasteiger partial charge in [-0.15, -0.1) is 0 Å². The summed E-state index contributed by atoms with van der Waals surface area (Å²) in [5.41, 5.74) is 0.